The number of halogens is 2. The van der Waals surface area contributed by atoms with Crippen molar-refractivity contribution >= 4 is 40.4 Å². The summed E-state index contributed by atoms with van der Waals surface area (Å²) in [4.78, 5) is 12.4. The van der Waals surface area contributed by atoms with Crippen molar-refractivity contribution < 1.29 is 14.2 Å². The molecule has 9 nitrogen and oxygen atoms in total. The number of aliphatic imine (C=N–C) groups is 1. The van der Waals surface area contributed by atoms with Crippen molar-refractivity contribution in [2.45, 2.75) is 25.0 Å². The third-order valence-corrected chi connectivity index (χ3v) is 6.26. The predicted molar refractivity (Wildman–Crippen MR) is 129 cm³/mol. The summed E-state index contributed by atoms with van der Waals surface area (Å²) in [5.41, 5.74) is 6.25. The van der Waals surface area contributed by atoms with E-state index in [1.807, 2.05) is 13.8 Å². The van der Waals surface area contributed by atoms with Gasteiger partial charge >= 0.3 is 0 Å². The monoisotopic (exact) mass is 499 g/mol. The molecule has 1 aliphatic heterocycles. The third-order valence-electron chi connectivity index (χ3n) is 4.98. The molecule has 2 atom stereocenters. The Balaban J connectivity index is 1.70. The van der Waals surface area contributed by atoms with Crippen LogP contribution in [0.25, 0.3) is 11.4 Å². The molecule has 0 aliphatic carbocycles. The Morgan fingerprint density at radius 1 is 1.24 bits per heavy atom. The van der Waals surface area contributed by atoms with E-state index in [0.717, 1.165) is 12.4 Å². The van der Waals surface area contributed by atoms with Gasteiger partial charge in [-0.15, -0.1) is 10.2 Å². The normalized spacial score (nSPS) is 14.4. The highest BCUT2D eigenvalue weighted by atomic mass is 35.5. The minimum Gasteiger partial charge on any atom is -0.506 e. The van der Waals surface area contributed by atoms with Gasteiger partial charge in [0.05, 0.1) is 19.5 Å². The largest absolute Gasteiger partial charge is 0.506 e. The molecule has 12 heteroatoms. The van der Waals surface area contributed by atoms with Crippen LogP contribution in [0, 0.1) is 5.82 Å². The summed E-state index contributed by atoms with van der Waals surface area (Å²) in [5, 5.41) is 19.3. The molecule has 0 saturated carbocycles. The molecule has 2 aromatic heterocycles. The Hall–Kier alpha value is -3.62. The van der Waals surface area contributed by atoms with Crippen LogP contribution in [0.3, 0.4) is 0 Å². The summed E-state index contributed by atoms with van der Waals surface area (Å²) in [6.07, 6.45) is 3.76. The number of rotatable bonds is 8. The maximum absolute atomic E-state index is 13.2. The second-order valence-electron chi connectivity index (χ2n) is 7.18. The SMILES string of the molecule is COc1cccc(O)c1-n1c(NSC(C)C(C)c2ncc(F)cn2)nnc1C1=C=C=CC(Cl)=N1. The molecule has 0 bridgehead atoms. The van der Waals surface area contributed by atoms with Gasteiger partial charge in [0.2, 0.25) is 5.95 Å². The predicted octanol–water partition coefficient (Wildman–Crippen LogP) is 4.46. The molecule has 3 heterocycles. The first-order valence-corrected chi connectivity index (χ1v) is 11.3. The molecule has 2 unspecified atom stereocenters. The third kappa shape index (κ3) is 4.83. The van der Waals surface area contributed by atoms with Crippen LogP contribution in [0.15, 0.2) is 53.1 Å². The van der Waals surface area contributed by atoms with Crippen LogP contribution in [-0.4, -0.2) is 47.4 Å². The molecule has 3 aromatic rings. The number of allylic oxidation sites excluding steroid dienone is 1. The summed E-state index contributed by atoms with van der Waals surface area (Å²) in [6.45, 7) is 3.91. The molecule has 0 saturated heterocycles. The van der Waals surface area contributed by atoms with Gasteiger partial charge in [-0.3, -0.25) is 9.29 Å². The van der Waals surface area contributed by atoms with E-state index < -0.39 is 5.82 Å². The van der Waals surface area contributed by atoms with Crippen LogP contribution in [0.4, 0.5) is 10.3 Å². The maximum atomic E-state index is 13.2. The highest BCUT2D eigenvalue weighted by Crippen LogP contribution is 2.37. The molecule has 1 aromatic carbocycles. The first-order chi connectivity index (χ1) is 16.4. The van der Waals surface area contributed by atoms with E-state index in [1.54, 1.807) is 16.7 Å². The number of nitrogens with one attached hydrogen (secondary N) is 1. The Morgan fingerprint density at radius 2 is 2.00 bits per heavy atom. The zero-order valence-corrected chi connectivity index (χ0v) is 19.9. The fraction of sp³-hybridized carbons (Fsp3) is 0.227. The lowest BCUT2D eigenvalue weighted by Crippen LogP contribution is -2.15. The Labute approximate surface area is 203 Å². The van der Waals surface area contributed by atoms with Crippen molar-refractivity contribution in [2.24, 2.45) is 4.99 Å². The number of benzene rings is 1. The van der Waals surface area contributed by atoms with Crippen molar-refractivity contribution in [3.63, 3.8) is 0 Å². The van der Waals surface area contributed by atoms with Crippen LogP contribution < -0.4 is 9.46 Å². The van der Waals surface area contributed by atoms with E-state index in [-0.39, 0.29) is 33.6 Å². The Kier molecular flexibility index (Phi) is 7.00. The van der Waals surface area contributed by atoms with Crippen LogP contribution >= 0.6 is 23.5 Å². The van der Waals surface area contributed by atoms with Crippen LogP contribution in [0.1, 0.15) is 31.4 Å². The number of phenolic OH excluding ortho intramolecular Hbond substituents is 1. The molecule has 0 fully saturated rings. The Morgan fingerprint density at radius 3 is 2.71 bits per heavy atom. The summed E-state index contributed by atoms with van der Waals surface area (Å²) >= 11 is 7.39. The topological polar surface area (TPSA) is 110 Å². The lowest BCUT2D eigenvalue weighted by molar-refractivity contribution is 0.404. The second-order valence-corrected chi connectivity index (χ2v) is 8.75. The molecule has 0 radical (unpaired) electrons. The van der Waals surface area contributed by atoms with Crippen LogP contribution in [-0.2, 0) is 0 Å². The smallest absolute Gasteiger partial charge is 0.239 e. The van der Waals surface area contributed by atoms with E-state index in [2.05, 4.69) is 41.3 Å². The highest BCUT2D eigenvalue weighted by molar-refractivity contribution is 8.01. The van der Waals surface area contributed by atoms with Gasteiger partial charge in [-0.2, -0.15) is 0 Å². The van der Waals surface area contributed by atoms with E-state index in [0.29, 0.717) is 23.2 Å². The van der Waals surface area contributed by atoms with E-state index in [9.17, 15) is 9.50 Å². The first kappa shape index (κ1) is 23.5. The number of para-hydroxylation sites is 1. The van der Waals surface area contributed by atoms with E-state index in [4.69, 9.17) is 16.3 Å². The summed E-state index contributed by atoms with van der Waals surface area (Å²) < 4.78 is 23.4. The van der Waals surface area contributed by atoms with Crippen molar-refractivity contribution in [3.05, 3.63) is 65.6 Å². The Bertz CT molecular complexity index is 1350. The average Bonchev–Trinajstić information content (AvgIpc) is 3.25. The number of methoxy groups -OCH3 is 1. The fourth-order valence-electron chi connectivity index (χ4n) is 3.07. The number of hydrogen-bond acceptors (Lipinski definition) is 9. The summed E-state index contributed by atoms with van der Waals surface area (Å²) in [6, 6.07) is 4.89. The molecule has 1 aliphatic rings. The van der Waals surface area contributed by atoms with Gasteiger partial charge in [-0.1, -0.05) is 37.2 Å². The summed E-state index contributed by atoms with van der Waals surface area (Å²) in [7, 11) is 1.49. The van der Waals surface area contributed by atoms with Crippen molar-refractivity contribution in [2.75, 3.05) is 11.8 Å². The standard InChI is InChI=1S/C22H19ClFN7O2S/c1-12(20-25-10-14(24)11-26-20)13(2)34-30-22-29-28-21(15-6-4-9-18(23)27-15)31(22)19-16(32)7-5-8-17(19)33-3/h5,7-13,32H,1-3H3,(H,29,30). The number of aromatic hydroxyl groups is 1. The first-order valence-electron chi connectivity index (χ1n) is 10.1. The minimum atomic E-state index is -0.490. The molecular formula is C22H19ClFN7O2S. The van der Waals surface area contributed by atoms with Crippen LogP contribution in [0.5, 0.6) is 11.5 Å². The molecule has 34 heavy (non-hydrogen) atoms. The summed E-state index contributed by atoms with van der Waals surface area (Å²) in [5.74, 6) is 0.822. The number of anilines is 1. The van der Waals surface area contributed by atoms with Gasteiger partial charge in [-0.25, -0.2) is 19.4 Å². The lowest BCUT2D eigenvalue weighted by atomic mass is 10.1. The lowest BCUT2D eigenvalue weighted by Gasteiger charge is -2.19. The zero-order valence-electron chi connectivity index (χ0n) is 18.3. The van der Waals surface area contributed by atoms with E-state index in [1.165, 1.54) is 31.2 Å². The van der Waals surface area contributed by atoms with Gasteiger partial charge in [0, 0.05) is 17.2 Å². The quantitative estimate of drug-likeness (QED) is 0.345. The number of ether oxygens (including phenoxy) is 1. The average molecular weight is 500 g/mol. The van der Waals surface area contributed by atoms with Gasteiger partial charge in [-0.05, 0) is 29.8 Å². The van der Waals surface area contributed by atoms with Crippen molar-refractivity contribution in [1.29, 1.82) is 0 Å². The molecule has 0 spiro atoms. The minimum absolute atomic E-state index is 0.0467. The number of aromatic nitrogens is 5. The molecule has 4 rings (SSSR count). The van der Waals surface area contributed by atoms with Crippen LogP contribution in [0.2, 0.25) is 0 Å². The highest BCUT2D eigenvalue weighted by Gasteiger charge is 2.25. The van der Waals surface area contributed by atoms with Gasteiger partial charge in [0.25, 0.3) is 0 Å². The fourth-order valence-corrected chi connectivity index (χ4v) is 3.96. The van der Waals surface area contributed by atoms with Gasteiger partial charge in [0.1, 0.15) is 28.2 Å². The van der Waals surface area contributed by atoms with Gasteiger partial charge in [0.15, 0.2) is 17.3 Å². The second kappa shape index (κ2) is 10.1. The van der Waals surface area contributed by atoms with E-state index >= 15 is 0 Å². The zero-order chi connectivity index (χ0) is 24.2. The van der Waals surface area contributed by atoms with Crippen molar-refractivity contribution in [1.82, 2.24) is 24.7 Å². The number of nitrogens with zero attached hydrogens (tertiary/aromatic N) is 6. The molecule has 0 amide bonds. The molecule has 2 N–H and O–H groups in total. The van der Waals surface area contributed by atoms with Gasteiger partial charge < -0.3 is 9.84 Å². The number of hydrogen-bond donors (Lipinski definition) is 2. The molecule has 174 valence electrons. The van der Waals surface area contributed by atoms with Crippen molar-refractivity contribution in [3.8, 4) is 17.2 Å². The molecular weight excluding hydrogens is 481 g/mol. The number of phenols is 1. The maximum Gasteiger partial charge on any atom is 0.239 e.